The topological polar surface area (TPSA) is 104 Å². The Morgan fingerprint density at radius 2 is 2.04 bits per heavy atom. The van der Waals surface area contributed by atoms with Gasteiger partial charge in [-0.1, -0.05) is 37.6 Å². The Labute approximate surface area is 150 Å². The first-order valence-corrected chi connectivity index (χ1v) is 10.4. The van der Waals surface area contributed by atoms with Crippen molar-refractivity contribution in [1.29, 1.82) is 0 Å². The van der Waals surface area contributed by atoms with Gasteiger partial charge in [0, 0.05) is 5.56 Å². The van der Waals surface area contributed by atoms with E-state index in [-0.39, 0.29) is 4.21 Å². The van der Waals surface area contributed by atoms with Gasteiger partial charge in [-0.15, -0.1) is 16.4 Å². The molecule has 0 atom stereocenters. The van der Waals surface area contributed by atoms with Crippen LogP contribution in [-0.4, -0.2) is 28.6 Å². The maximum Gasteiger partial charge on any atom is 0.248 e. The molecule has 0 aliphatic heterocycles. The van der Waals surface area contributed by atoms with E-state index < -0.39 is 10.0 Å². The van der Waals surface area contributed by atoms with Crippen LogP contribution in [0.5, 0.6) is 0 Å². The van der Waals surface area contributed by atoms with E-state index >= 15 is 0 Å². The highest BCUT2D eigenvalue weighted by Crippen LogP contribution is 2.38. The third-order valence-electron chi connectivity index (χ3n) is 3.90. The molecule has 7 nitrogen and oxygen atoms in total. The van der Waals surface area contributed by atoms with Crippen molar-refractivity contribution in [1.82, 2.24) is 20.2 Å². The maximum absolute atomic E-state index is 12.1. The van der Waals surface area contributed by atoms with E-state index in [1.54, 1.807) is 4.68 Å². The zero-order chi connectivity index (χ0) is 17.9. The molecule has 0 saturated heterocycles. The van der Waals surface area contributed by atoms with Crippen molar-refractivity contribution in [3.63, 3.8) is 0 Å². The summed E-state index contributed by atoms with van der Waals surface area (Å²) in [5.41, 5.74) is 3.52. The van der Waals surface area contributed by atoms with Crippen LogP contribution in [-0.2, 0) is 23.0 Å². The van der Waals surface area contributed by atoms with Gasteiger partial charge in [-0.25, -0.2) is 18.2 Å². The van der Waals surface area contributed by atoms with Crippen LogP contribution in [0.1, 0.15) is 30.9 Å². The first kappa shape index (κ1) is 17.7. The van der Waals surface area contributed by atoms with Crippen LogP contribution >= 0.6 is 11.3 Å². The van der Waals surface area contributed by atoms with Crippen molar-refractivity contribution in [2.24, 2.45) is 5.14 Å². The summed E-state index contributed by atoms with van der Waals surface area (Å²) < 4.78 is 26.0. The van der Waals surface area contributed by atoms with Crippen molar-refractivity contribution in [2.75, 3.05) is 0 Å². The monoisotopic (exact) mass is 377 g/mol. The van der Waals surface area contributed by atoms with E-state index in [1.165, 1.54) is 17.7 Å². The zero-order valence-electron chi connectivity index (χ0n) is 13.8. The van der Waals surface area contributed by atoms with Gasteiger partial charge < -0.3 is 0 Å². The molecule has 132 valence electrons. The smallest absolute Gasteiger partial charge is 0.228 e. The highest BCUT2D eigenvalue weighted by Gasteiger charge is 2.23. The molecular formula is C16H19N5O2S2. The normalized spacial score (nSPS) is 11.8. The number of sulfonamides is 1. The first-order valence-electron chi connectivity index (χ1n) is 7.93. The average molecular weight is 377 g/mol. The highest BCUT2D eigenvalue weighted by atomic mass is 32.2. The van der Waals surface area contributed by atoms with Crippen molar-refractivity contribution in [3.05, 3.63) is 47.1 Å². The lowest BCUT2D eigenvalue weighted by Crippen LogP contribution is -2.12. The quantitative estimate of drug-likeness (QED) is 0.681. The summed E-state index contributed by atoms with van der Waals surface area (Å²) in [6.07, 6.45) is 4.37. The zero-order valence-corrected chi connectivity index (χ0v) is 15.4. The molecule has 0 unspecified atom stereocenters. The molecule has 0 amide bonds. The fourth-order valence-corrected chi connectivity index (χ4v) is 4.80. The molecule has 2 aromatic heterocycles. The summed E-state index contributed by atoms with van der Waals surface area (Å²) >= 11 is 1.18. The number of unbranched alkanes of at least 4 members (excludes halogenated alkanes) is 1. The fourth-order valence-electron chi connectivity index (χ4n) is 2.75. The van der Waals surface area contributed by atoms with Crippen LogP contribution in [0.3, 0.4) is 0 Å². The molecule has 0 saturated carbocycles. The Morgan fingerprint density at radius 1 is 1.24 bits per heavy atom. The van der Waals surface area contributed by atoms with Gasteiger partial charge in [0.05, 0.1) is 6.54 Å². The lowest BCUT2D eigenvalue weighted by atomic mass is 9.96. The van der Waals surface area contributed by atoms with E-state index in [9.17, 15) is 8.42 Å². The molecule has 0 radical (unpaired) electrons. The van der Waals surface area contributed by atoms with Gasteiger partial charge in [-0.3, -0.25) is 0 Å². The van der Waals surface area contributed by atoms with Gasteiger partial charge in [0.25, 0.3) is 0 Å². The molecule has 0 aliphatic carbocycles. The van der Waals surface area contributed by atoms with Gasteiger partial charge in [-0.2, -0.15) is 0 Å². The number of thiophene rings is 1. The number of rotatable bonds is 7. The minimum atomic E-state index is -3.79. The van der Waals surface area contributed by atoms with Crippen LogP contribution in [0.25, 0.3) is 11.1 Å². The number of hydrogen-bond donors (Lipinski definition) is 1. The highest BCUT2D eigenvalue weighted by molar-refractivity contribution is 7.91. The van der Waals surface area contributed by atoms with Gasteiger partial charge in [0.15, 0.2) is 0 Å². The number of nitrogens with two attached hydrogens (primary N) is 1. The third-order valence-corrected chi connectivity index (χ3v) is 6.43. The summed E-state index contributed by atoms with van der Waals surface area (Å²) in [5.74, 6) is 0. The van der Waals surface area contributed by atoms with Crippen LogP contribution in [0.15, 0.2) is 40.2 Å². The molecule has 9 heteroatoms. The molecule has 0 bridgehead atoms. The molecule has 1 aromatic carbocycles. The lowest BCUT2D eigenvalue weighted by molar-refractivity contribution is 0.600. The molecule has 2 N–H and O–H groups in total. The Hall–Kier alpha value is -2.10. The second-order valence-corrected chi connectivity index (χ2v) is 8.37. The van der Waals surface area contributed by atoms with E-state index in [0.29, 0.717) is 12.1 Å². The average Bonchev–Trinajstić information content (AvgIpc) is 3.22. The Bertz CT molecular complexity index is 949. The third kappa shape index (κ3) is 3.94. The lowest BCUT2D eigenvalue weighted by Gasteiger charge is -2.12. The minimum absolute atomic E-state index is 0.211. The molecule has 3 rings (SSSR count). The summed E-state index contributed by atoms with van der Waals surface area (Å²) in [6.45, 7) is 2.56. The van der Waals surface area contributed by atoms with E-state index in [0.717, 1.165) is 36.0 Å². The number of primary sulfonamides is 1. The van der Waals surface area contributed by atoms with Gasteiger partial charge in [0.1, 0.15) is 10.5 Å². The molecular weight excluding hydrogens is 358 g/mol. The predicted octanol–water partition coefficient (Wildman–Crippen LogP) is 2.44. The predicted molar refractivity (Wildman–Crippen MR) is 96.7 cm³/mol. The fraction of sp³-hybridized carbons (Fsp3) is 0.312. The van der Waals surface area contributed by atoms with Gasteiger partial charge in [0.2, 0.25) is 10.0 Å². The van der Waals surface area contributed by atoms with Crippen LogP contribution in [0.4, 0.5) is 0 Å². The van der Waals surface area contributed by atoms with Crippen molar-refractivity contribution in [2.45, 2.75) is 36.9 Å². The number of tetrazole rings is 1. The Kier molecular flexibility index (Phi) is 5.26. The maximum atomic E-state index is 12.1. The standard InChI is InChI=1S/C16H19N5O2S2/c1-2-3-6-13-10-24-16(25(17,22)23)15(13)14-8-5-4-7-12(14)9-21-11-18-19-20-21/h4-5,7-8,10-11H,2-3,6,9H2,1H3,(H2,17,22,23). The van der Waals surface area contributed by atoms with Gasteiger partial charge in [-0.05, 0) is 45.3 Å². The Morgan fingerprint density at radius 3 is 2.72 bits per heavy atom. The summed E-state index contributed by atoms with van der Waals surface area (Å²) in [6, 6.07) is 7.68. The second-order valence-electron chi connectivity index (χ2n) is 5.74. The van der Waals surface area contributed by atoms with E-state index in [2.05, 4.69) is 22.4 Å². The SMILES string of the molecule is CCCCc1csc(S(N)(=O)=O)c1-c1ccccc1Cn1cnnn1. The molecule has 0 fully saturated rings. The van der Waals surface area contributed by atoms with E-state index in [1.807, 2.05) is 29.6 Å². The number of nitrogens with zero attached hydrogens (tertiary/aromatic N) is 4. The van der Waals surface area contributed by atoms with Crippen molar-refractivity contribution < 1.29 is 8.42 Å². The van der Waals surface area contributed by atoms with Crippen LogP contribution < -0.4 is 5.14 Å². The molecule has 0 aliphatic rings. The number of aromatic nitrogens is 4. The van der Waals surface area contributed by atoms with Crippen LogP contribution in [0.2, 0.25) is 0 Å². The summed E-state index contributed by atoms with van der Waals surface area (Å²) in [7, 11) is -3.79. The second kappa shape index (κ2) is 7.42. The minimum Gasteiger partial charge on any atom is -0.228 e. The summed E-state index contributed by atoms with van der Waals surface area (Å²) in [4.78, 5) is 0. The van der Waals surface area contributed by atoms with Gasteiger partial charge >= 0.3 is 0 Å². The van der Waals surface area contributed by atoms with Crippen molar-refractivity contribution in [3.8, 4) is 11.1 Å². The molecule has 3 aromatic rings. The largest absolute Gasteiger partial charge is 0.248 e. The number of aryl methyl sites for hydroxylation is 1. The number of benzene rings is 1. The van der Waals surface area contributed by atoms with Crippen LogP contribution in [0, 0.1) is 0 Å². The number of hydrogen-bond acceptors (Lipinski definition) is 6. The molecule has 0 spiro atoms. The van der Waals surface area contributed by atoms with Crippen molar-refractivity contribution >= 4 is 21.4 Å². The Balaban J connectivity index is 2.13. The summed E-state index contributed by atoms with van der Waals surface area (Å²) in [5, 5.41) is 18.6. The van der Waals surface area contributed by atoms with E-state index in [4.69, 9.17) is 5.14 Å². The molecule has 2 heterocycles. The molecule has 25 heavy (non-hydrogen) atoms. The first-order chi connectivity index (χ1) is 12.0.